The Morgan fingerprint density at radius 1 is 1.53 bits per heavy atom. The summed E-state index contributed by atoms with van der Waals surface area (Å²) in [5.74, 6) is 2.39. The number of hydrogen-bond donors (Lipinski definition) is 1. The number of nitro benzene ring substituents is 1. The monoisotopic (exact) mass is 257 g/mol. The maximum atomic E-state index is 10.6. The van der Waals surface area contributed by atoms with E-state index in [2.05, 4.69) is 6.92 Å². The maximum Gasteiger partial charge on any atom is 0.270 e. The van der Waals surface area contributed by atoms with Gasteiger partial charge in [-0.1, -0.05) is 6.92 Å². The van der Waals surface area contributed by atoms with Crippen molar-refractivity contribution in [2.75, 3.05) is 18.1 Å². The van der Waals surface area contributed by atoms with Gasteiger partial charge in [-0.2, -0.15) is 11.8 Å². The Balaban J connectivity index is 2.68. The van der Waals surface area contributed by atoms with Crippen molar-refractivity contribution in [2.24, 2.45) is 0 Å². The predicted octanol–water partition coefficient (Wildman–Crippen LogP) is 2.22. The molecule has 0 radical (unpaired) electrons. The SMILES string of the molecule is CCSCCOc1ccc([N+](=O)[O-])cc1CO. The van der Waals surface area contributed by atoms with Crippen LogP contribution in [0.5, 0.6) is 5.75 Å². The topological polar surface area (TPSA) is 72.6 Å². The second-order valence-electron chi connectivity index (χ2n) is 3.25. The van der Waals surface area contributed by atoms with Crippen molar-refractivity contribution in [3.63, 3.8) is 0 Å². The predicted molar refractivity (Wildman–Crippen MR) is 67.5 cm³/mol. The molecular weight excluding hydrogens is 242 g/mol. The van der Waals surface area contributed by atoms with E-state index in [1.54, 1.807) is 11.8 Å². The maximum absolute atomic E-state index is 10.6. The first-order valence-corrected chi connectivity index (χ1v) is 6.43. The summed E-state index contributed by atoms with van der Waals surface area (Å²) in [6.45, 7) is 2.33. The lowest BCUT2D eigenvalue weighted by Gasteiger charge is -2.09. The quantitative estimate of drug-likeness (QED) is 0.460. The van der Waals surface area contributed by atoms with E-state index in [0.29, 0.717) is 17.9 Å². The molecule has 1 N–H and O–H groups in total. The van der Waals surface area contributed by atoms with Crippen molar-refractivity contribution in [2.45, 2.75) is 13.5 Å². The summed E-state index contributed by atoms with van der Waals surface area (Å²) >= 11 is 1.75. The third kappa shape index (κ3) is 4.24. The minimum Gasteiger partial charge on any atom is -0.492 e. The van der Waals surface area contributed by atoms with E-state index in [1.807, 2.05) is 0 Å². The number of thioether (sulfide) groups is 1. The Morgan fingerprint density at radius 3 is 2.88 bits per heavy atom. The van der Waals surface area contributed by atoms with E-state index in [-0.39, 0.29) is 12.3 Å². The van der Waals surface area contributed by atoms with Gasteiger partial charge in [0.15, 0.2) is 0 Å². The zero-order valence-corrected chi connectivity index (χ0v) is 10.4. The van der Waals surface area contributed by atoms with Crippen LogP contribution in [0.1, 0.15) is 12.5 Å². The first kappa shape index (κ1) is 13.8. The van der Waals surface area contributed by atoms with Gasteiger partial charge < -0.3 is 9.84 Å². The molecule has 0 heterocycles. The lowest BCUT2D eigenvalue weighted by Crippen LogP contribution is -2.03. The average Bonchev–Trinajstić information content (AvgIpc) is 2.34. The summed E-state index contributed by atoms with van der Waals surface area (Å²) in [5, 5.41) is 19.7. The highest BCUT2D eigenvalue weighted by Crippen LogP contribution is 2.24. The highest BCUT2D eigenvalue weighted by atomic mass is 32.2. The number of benzene rings is 1. The van der Waals surface area contributed by atoms with Gasteiger partial charge in [-0.25, -0.2) is 0 Å². The fraction of sp³-hybridized carbons (Fsp3) is 0.455. The molecule has 0 bridgehead atoms. The molecule has 0 aliphatic rings. The van der Waals surface area contributed by atoms with Gasteiger partial charge in [0.2, 0.25) is 0 Å². The molecule has 1 rings (SSSR count). The molecule has 0 aliphatic heterocycles. The molecule has 0 spiro atoms. The second kappa shape index (κ2) is 7.13. The number of aliphatic hydroxyl groups is 1. The van der Waals surface area contributed by atoms with Crippen molar-refractivity contribution in [3.05, 3.63) is 33.9 Å². The molecule has 0 aromatic heterocycles. The third-order valence-electron chi connectivity index (χ3n) is 2.11. The molecule has 0 saturated carbocycles. The molecule has 1 aromatic rings. The second-order valence-corrected chi connectivity index (χ2v) is 4.65. The molecule has 6 heteroatoms. The summed E-state index contributed by atoms with van der Waals surface area (Å²) in [6, 6.07) is 4.24. The highest BCUT2D eigenvalue weighted by Gasteiger charge is 2.10. The largest absolute Gasteiger partial charge is 0.492 e. The van der Waals surface area contributed by atoms with Crippen LogP contribution in [0.15, 0.2) is 18.2 Å². The van der Waals surface area contributed by atoms with Gasteiger partial charge >= 0.3 is 0 Å². The van der Waals surface area contributed by atoms with Crippen LogP contribution >= 0.6 is 11.8 Å². The van der Waals surface area contributed by atoms with E-state index in [9.17, 15) is 10.1 Å². The normalized spacial score (nSPS) is 10.2. The van der Waals surface area contributed by atoms with Crippen molar-refractivity contribution in [1.29, 1.82) is 0 Å². The molecule has 94 valence electrons. The molecule has 1 aromatic carbocycles. The van der Waals surface area contributed by atoms with Crippen LogP contribution in [-0.4, -0.2) is 28.1 Å². The smallest absolute Gasteiger partial charge is 0.270 e. The number of nitrogens with zero attached hydrogens (tertiary/aromatic N) is 1. The minimum absolute atomic E-state index is 0.0377. The molecule has 0 aliphatic carbocycles. The summed E-state index contributed by atoms with van der Waals surface area (Å²) < 4.78 is 5.46. The van der Waals surface area contributed by atoms with Crippen LogP contribution in [0, 0.1) is 10.1 Å². The number of nitro groups is 1. The summed E-state index contributed by atoms with van der Waals surface area (Å²) in [5.41, 5.74) is 0.407. The van der Waals surface area contributed by atoms with E-state index in [0.717, 1.165) is 11.5 Å². The van der Waals surface area contributed by atoms with Crippen LogP contribution in [-0.2, 0) is 6.61 Å². The Hall–Kier alpha value is -1.27. The Labute approximate surface area is 104 Å². The molecule has 5 nitrogen and oxygen atoms in total. The first-order valence-electron chi connectivity index (χ1n) is 5.27. The fourth-order valence-electron chi connectivity index (χ4n) is 1.30. The summed E-state index contributed by atoms with van der Waals surface area (Å²) in [4.78, 5) is 10.1. The first-order chi connectivity index (χ1) is 8.19. The van der Waals surface area contributed by atoms with Gasteiger partial charge in [0, 0.05) is 23.4 Å². The third-order valence-corrected chi connectivity index (χ3v) is 2.98. The molecule has 0 unspecified atom stereocenters. The number of hydrogen-bond acceptors (Lipinski definition) is 5. The van der Waals surface area contributed by atoms with Crippen LogP contribution < -0.4 is 4.74 Å². The summed E-state index contributed by atoms with van der Waals surface area (Å²) in [7, 11) is 0. The lowest BCUT2D eigenvalue weighted by atomic mass is 10.2. The van der Waals surface area contributed by atoms with Crippen molar-refractivity contribution in [3.8, 4) is 5.75 Å². The number of ether oxygens (including phenoxy) is 1. The van der Waals surface area contributed by atoms with Crippen molar-refractivity contribution >= 4 is 17.4 Å². The van der Waals surface area contributed by atoms with Gasteiger partial charge in [-0.3, -0.25) is 10.1 Å². The summed E-state index contributed by atoms with van der Waals surface area (Å²) in [6.07, 6.45) is 0. The van der Waals surface area contributed by atoms with Crippen LogP contribution in [0.25, 0.3) is 0 Å². The fourth-order valence-corrected chi connectivity index (χ4v) is 1.79. The molecule has 0 atom stereocenters. The molecule has 0 amide bonds. The van der Waals surface area contributed by atoms with E-state index in [4.69, 9.17) is 9.84 Å². The highest BCUT2D eigenvalue weighted by molar-refractivity contribution is 7.99. The molecular formula is C11H15NO4S. The standard InChI is InChI=1S/C11H15NO4S/c1-2-17-6-5-16-11-4-3-10(12(14)15)7-9(11)8-13/h3-4,7,13H,2,5-6,8H2,1H3. The number of non-ortho nitro benzene ring substituents is 1. The van der Waals surface area contributed by atoms with Gasteiger partial charge in [0.05, 0.1) is 18.1 Å². The number of aliphatic hydroxyl groups excluding tert-OH is 1. The molecule has 0 fully saturated rings. The Kier molecular flexibility index (Phi) is 5.79. The molecule has 17 heavy (non-hydrogen) atoms. The zero-order chi connectivity index (χ0) is 12.7. The van der Waals surface area contributed by atoms with E-state index in [1.165, 1.54) is 18.2 Å². The zero-order valence-electron chi connectivity index (χ0n) is 9.59. The molecule has 0 saturated heterocycles. The van der Waals surface area contributed by atoms with Crippen molar-refractivity contribution in [1.82, 2.24) is 0 Å². The van der Waals surface area contributed by atoms with Gasteiger partial charge in [-0.05, 0) is 11.8 Å². The van der Waals surface area contributed by atoms with Gasteiger partial charge in [-0.15, -0.1) is 0 Å². The van der Waals surface area contributed by atoms with Crippen LogP contribution in [0.3, 0.4) is 0 Å². The minimum atomic E-state index is -0.490. The Morgan fingerprint density at radius 2 is 2.29 bits per heavy atom. The number of rotatable bonds is 7. The van der Waals surface area contributed by atoms with Crippen LogP contribution in [0.2, 0.25) is 0 Å². The van der Waals surface area contributed by atoms with Crippen LogP contribution in [0.4, 0.5) is 5.69 Å². The van der Waals surface area contributed by atoms with E-state index < -0.39 is 4.92 Å². The lowest BCUT2D eigenvalue weighted by molar-refractivity contribution is -0.385. The van der Waals surface area contributed by atoms with Gasteiger partial charge in [0.25, 0.3) is 5.69 Å². The van der Waals surface area contributed by atoms with Gasteiger partial charge in [0.1, 0.15) is 5.75 Å². The van der Waals surface area contributed by atoms with E-state index >= 15 is 0 Å². The van der Waals surface area contributed by atoms with Crippen molar-refractivity contribution < 1.29 is 14.8 Å². The Bertz CT molecular complexity index is 384. The average molecular weight is 257 g/mol.